The van der Waals surface area contributed by atoms with Gasteiger partial charge in [0.05, 0.1) is 10.7 Å². The number of nitrogens with zero attached hydrogens (tertiary/aromatic N) is 2. The second kappa shape index (κ2) is 3.69. The summed E-state index contributed by atoms with van der Waals surface area (Å²) in [4.78, 5) is 11.5. The molecule has 0 radical (unpaired) electrons. The quantitative estimate of drug-likeness (QED) is 0.773. The Morgan fingerprint density at radius 2 is 2.29 bits per heavy atom. The number of aromatic nitrogens is 2. The fourth-order valence-corrected chi connectivity index (χ4v) is 1.97. The van der Waals surface area contributed by atoms with Crippen LogP contribution in [0.5, 0.6) is 0 Å². The summed E-state index contributed by atoms with van der Waals surface area (Å²) in [7, 11) is 0. The molecule has 4 heteroatoms. The van der Waals surface area contributed by atoms with Crippen molar-refractivity contribution < 1.29 is 4.79 Å². The molecule has 14 heavy (non-hydrogen) atoms. The number of allylic oxidation sites excluding steroid dienone is 2. The lowest BCUT2D eigenvalue weighted by Gasteiger charge is -2.16. The number of carbonyl (C=O) groups excluding carboxylic acids is 1. The highest BCUT2D eigenvalue weighted by molar-refractivity contribution is 9.10. The Balaban J connectivity index is 2.42. The maximum atomic E-state index is 11.5. The maximum Gasteiger partial charge on any atom is 0.160 e. The van der Waals surface area contributed by atoms with Crippen LogP contribution in [0.3, 0.4) is 0 Å². The first-order valence-electron chi connectivity index (χ1n) is 4.62. The number of rotatable bonds is 1. The van der Waals surface area contributed by atoms with Crippen molar-refractivity contribution in [1.82, 2.24) is 9.78 Å². The van der Waals surface area contributed by atoms with Crippen molar-refractivity contribution in [2.45, 2.75) is 26.2 Å². The largest absolute Gasteiger partial charge is 0.294 e. The van der Waals surface area contributed by atoms with E-state index in [1.165, 1.54) is 0 Å². The average molecular weight is 255 g/mol. The molecule has 0 aliphatic heterocycles. The molecule has 0 amide bonds. The highest BCUT2D eigenvalue weighted by Gasteiger charge is 2.18. The van der Waals surface area contributed by atoms with Crippen molar-refractivity contribution in [3.63, 3.8) is 0 Å². The Hall–Kier alpha value is -0.900. The van der Waals surface area contributed by atoms with E-state index in [-0.39, 0.29) is 5.78 Å². The molecule has 0 N–H and O–H groups in total. The second-order valence-electron chi connectivity index (χ2n) is 3.45. The van der Waals surface area contributed by atoms with Crippen molar-refractivity contribution in [3.05, 3.63) is 22.4 Å². The molecule has 1 heterocycles. The molecular formula is C10H11BrN2O. The van der Waals surface area contributed by atoms with Gasteiger partial charge in [-0.1, -0.05) is 0 Å². The standard InChI is InChI=1S/C10H11BrN2O/c1-7-9(3-2-4-10(7)14)13-6-8(11)5-12-13/h5-6H,2-4H2,1H3. The van der Waals surface area contributed by atoms with Crippen LogP contribution in [0.15, 0.2) is 22.4 Å². The van der Waals surface area contributed by atoms with Gasteiger partial charge in [0.2, 0.25) is 0 Å². The van der Waals surface area contributed by atoms with Crippen LogP contribution in [-0.4, -0.2) is 15.6 Å². The van der Waals surface area contributed by atoms with Crippen molar-refractivity contribution in [2.24, 2.45) is 0 Å². The molecule has 1 aromatic heterocycles. The Bertz CT molecular complexity index is 406. The third kappa shape index (κ3) is 1.66. The zero-order valence-corrected chi connectivity index (χ0v) is 9.54. The van der Waals surface area contributed by atoms with Gasteiger partial charge >= 0.3 is 0 Å². The SMILES string of the molecule is CC1=C(n2cc(Br)cn2)CCCC1=O. The van der Waals surface area contributed by atoms with E-state index in [0.29, 0.717) is 6.42 Å². The lowest BCUT2D eigenvalue weighted by molar-refractivity contribution is -0.115. The van der Waals surface area contributed by atoms with Crippen LogP contribution >= 0.6 is 15.9 Å². The minimum absolute atomic E-state index is 0.248. The Morgan fingerprint density at radius 3 is 2.93 bits per heavy atom. The molecule has 2 rings (SSSR count). The van der Waals surface area contributed by atoms with E-state index >= 15 is 0 Å². The van der Waals surface area contributed by atoms with Crippen LogP contribution in [0.2, 0.25) is 0 Å². The molecule has 1 aromatic rings. The molecule has 0 aromatic carbocycles. The Kier molecular flexibility index (Phi) is 2.54. The van der Waals surface area contributed by atoms with Crippen molar-refractivity contribution >= 4 is 27.4 Å². The van der Waals surface area contributed by atoms with Crippen molar-refractivity contribution in [3.8, 4) is 0 Å². The predicted molar refractivity (Wildman–Crippen MR) is 57.7 cm³/mol. The minimum Gasteiger partial charge on any atom is -0.294 e. The number of ketones is 1. The van der Waals surface area contributed by atoms with Crippen LogP contribution in [0.1, 0.15) is 26.2 Å². The lowest BCUT2D eigenvalue weighted by Crippen LogP contribution is -2.12. The Labute approximate surface area is 90.9 Å². The first-order valence-corrected chi connectivity index (χ1v) is 5.41. The lowest BCUT2D eigenvalue weighted by atomic mass is 9.96. The molecule has 1 aliphatic carbocycles. The van der Waals surface area contributed by atoms with E-state index < -0.39 is 0 Å². The molecular weight excluding hydrogens is 244 g/mol. The topological polar surface area (TPSA) is 34.9 Å². The van der Waals surface area contributed by atoms with Gasteiger partial charge < -0.3 is 0 Å². The smallest absolute Gasteiger partial charge is 0.160 e. The highest BCUT2D eigenvalue weighted by atomic mass is 79.9. The number of Topliss-reactive ketones (excluding diaryl/α,β-unsaturated/α-hetero) is 1. The fourth-order valence-electron chi connectivity index (χ4n) is 1.69. The maximum absolute atomic E-state index is 11.5. The molecule has 0 saturated heterocycles. The number of hydrogen-bond acceptors (Lipinski definition) is 2. The van der Waals surface area contributed by atoms with E-state index in [1.807, 2.05) is 13.1 Å². The molecule has 1 aliphatic rings. The molecule has 0 bridgehead atoms. The summed E-state index contributed by atoms with van der Waals surface area (Å²) in [5.74, 6) is 0.248. The van der Waals surface area contributed by atoms with Crippen LogP contribution in [0, 0.1) is 0 Å². The highest BCUT2D eigenvalue weighted by Crippen LogP contribution is 2.25. The molecule has 0 spiro atoms. The van der Waals surface area contributed by atoms with E-state index in [2.05, 4.69) is 21.0 Å². The summed E-state index contributed by atoms with van der Waals surface area (Å²) in [5.41, 5.74) is 1.89. The summed E-state index contributed by atoms with van der Waals surface area (Å²) in [5, 5.41) is 4.18. The minimum atomic E-state index is 0.248. The van der Waals surface area contributed by atoms with Crippen LogP contribution in [0.25, 0.3) is 5.70 Å². The van der Waals surface area contributed by atoms with E-state index in [4.69, 9.17) is 0 Å². The van der Waals surface area contributed by atoms with Gasteiger partial charge in [0.25, 0.3) is 0 Å². The summed E-state index contributed by atoms with van der Waals surface area (Å²) in [6.45, 7) is 1.88. The van der Waals surface area contributed by atoms with Crippen molar-refractivity contribution in [1.29, 1.82) is 0 Å². The van der Waals surface area contributed by atoms with E-state index in [1.54, 1.807) is 10.9 Å². The molecule has 0 atom stereocenters. The molecule has 0 saturated carbocycles. The van der Waals surface area contributed by atoms with Gasteiger partial charge in [0, 0.05) is 23.9 Å². The molecule has 74 valence electrons. The fraction of sp³-hybridized carbons (Fsp3) is 0.400. The monoisotopic (exact) mass is 254 g/mol. The van der Waals surface area contributed by atoms with Gasteiger partial charge in [0.1, 0.15) is 0 Å². The Morgan fingerprint density at radius 1 is 1.50 bits per heavy atom. The third-order valence-corrected chi connectivity index (χ3v) is 2.91. The number of halogens is 1. The first kappa shape index (κ1) is 9.65. The summed E-state index contributed by atoms with van der Waals surface area (Å²) < 4.78 is 2.73. The summed E-state index contributed by atoms with van der Waals surface area (Å²) >= 11 is 3.34. The summed E-state index contributed by atoms with van der Waals surface area (Å²) in [6.07, 6.45) is 6.17. The van der Waals surface area contributed by atoms with Crippen LogP contribution < -0.4 is 0 Å². The average Bonchev–Trinajstić information content (AvgIpc) is 2.57. The van der Waals surface area contributed by atoms with Gasteiger partial charge in [-0.2, -0.15) is 5.10 Å². The zero-order chi connectivity index (χ0) is 10.1. The number of hydrogen-bond donors (Lipinski definition) is 0. The van der Waals surface area contributed by atoms with Gasteiger partial charge in [-0.25, -0.2) is 4.68 Å². The molecule has 3 nitrogen and oxygen atoms in total. The third-order valence-electron chi connectivity index (χ3n) is 2.50. The van der Waals surface area contributed by atoms with E-state index in [9.17, 15) is 4.79 Å². The predicted octanol–water partition coefficient (Wildman–Crippen LogP) is 2.63. The molecule has 0 unspecified atom stereocenters. The zero-order valence-electron chi connectivity index (χ0n) is 7.96. The van der Waals surface area contributed by atoms with Gasteiger partial charge in [-0.3, -0.25) is 4.79 Å². The van der Waals surface area contributed by atoms with E-state index in [0.717, 1.165) is 28.6 Å². The van der Waals surface area contributed by atoms with Crippen molar-refractivity contribution in [2.75, 3.05) is 0 Å². The summed E-state index contributed by atoms with van der Waals surface area (Å²) in [6, 6.07) is 0. The van der Waals surface area contributed by atoms with Gasteiger partial charge in [0.15, 0.2) is 5.78 Å². The number of carbonyl (C=O) groups is 1. The van der Waals surface area contributed by atoms with Crippen LogP contribution in [-0.2, 0) is 4.79 Å². The normalized spacial score (nSPS) is 17.7. The van der Waals surface area contributed by atoms with Gasteiger partial charge in [-0.05, 0) is 35.7 Å². The molecule has 0 fully saturated rings. The van der Waals surface area contributed by atoms with Gasteiger partial charge in [-0.15, -0.1) is 0 Å². The first-order chi connectivity index (χ1) is 6.68. The van der Waals surface area contributed by atoms with Crippen LogP contribution in [0.4, 0.5) is 0 Å². The second-order valence-corrected chi connectivity index (χ2v) is 4.37.